The standard InChI is InChI=1S/C33H43N7O/c1-20-19-39(15-13-34-20)32(38-28-17-22-16-26(21(28)2)33(22,3)4)36-23-10-11-25-29(18-23)37-30-24(27-9-5-6-12-35-27)8-7-14-40(30)31(25)41/h5-6,9-12,18,20-22,24,26,28,34H,7-8,13-17,19H2,1-4H3,(H,36,38)/t20-,21-,22-,24?,26+,28?/m0/s1. The van der Waals surface area contributed by atoms with Crippen LogP contribution in [0.1, 0.15) is 70.8 Å². The number of guanidine groups is 1. The second kappa shape index (κ2) is 10.2. The van der Waals surface area contributed by atoms with E-state index in [2.05, 4.69) is 48.2 Å². The van der Waals surface area contributed by atoms with Gasteiger partial charge < -0.3 is 15.5 Å². The van der Waals surface area contributed by atoms with Crippen molar-refractivity contribution < 1.29 is 0 Å². The topological polar surface area (TPSA) is 87.4 Å². The minimum absolute atomic E-state index is 0.0293. The fraction of sp³-hybridized carbons (Fsp3) is 0.576. The Hall–Kier alpha value is -3.26. The molecule has 1 aromatic carbocycles. The van der Waals surface area contributed by atoms with Gasteiger partial charge in [0.1, 0.15) is 5.82 Å². The Morgan fingerprint density at radius 3 is 2.78 bits per heavy atom. The van der Waals surface area contributed by atoms with Gasteiger partial charge in [0.25, 0.3) is 5.56 Å². The second-order valence-electron chi connectivity index (χ2n) is 13.5. The Morgan fingerprint density at radius 1 is 1.15 bits per heavy atom. The molecule has 8 heteroatoms. The Bertz CT molecular complexity index is 1530. The maximum Gasteiger partial charge on any atom is 0.261 e. The summed E-state index contributed by atoms with van der Waals surface area (Å²) in [5, 5.41) is 7.94. The summed E-state index contributed by atoms with van der Waals surface area (Å²) in [5.41, 5.74) is 3.12. The van der Waals surface area contributed by atoms with Gasteiger partial charge in [0.15, 0.2) is 5.96 Å². The van der Waals surface area contributed by atoms with Gasteiger partial charge in [0, 0.05) is 44.1 Å². The summed E-state index contributed by atoms with van der Waals surface area (Å²) in [5.74, 6) is 3.88. The van der Waals surface area contributed by atoms with Crippen LogP contribution in [0.5, 0.6) is 0 Å². The van der Waals surface area contributed by atoms with Crippen molar-refractivity contribution in [2.75, 3.05) is 25.0 Å². The van der Waals surface area contributed by atoms with E-state index in [1.54, 1.807) is 0 Å². The van der Waals surface area contributed by atoms with Gasteiger partial charge in [-0.2, -0.15) is 0 Å². The van der Waals surface area contributed by atoms with Crippen molar-refractivity contribution in [2.45, 2.75) is 77.9 Å². The smallest absolute Gasteiger partial charge is 0.261 e. The number of aliphatic imine (C=N–C) groups is 1. The number of hydrogen-bond donors (Lipinski definition) is 2. The molecule has 2 aliphatic heterocycles. The number of benzene rings is 1. The molecule has 2 aromatic heterocycles. The largest absolute Gasteiger partial charge is 0.340 e. The van der Waals surface area contributed by atoms with Crippen LogP contribution >= 0.6 is 0 Å². The molecule has 6 atom stereocenters. The van der Waals surface area contributed by atoms with E-state index >= 15 is 0 Å². The molecule has 2 bridgehead atoms. The first kappa shape index (κ1) is 26.6. The molecule has 0 amide bonds. The molecule has 2 unspecified atom stereocenters. The Morgan fingerprint density at radius 2 is 2.02 bits per heavy atom. The minimum Gasteiger partial charge on any atom is -0.340 e. The third kappa shape index (κ3) is 4.64. The maximum atomic E-state index is 13.6. The monoisotopic (exact) mass is 553 g/mol. The molecular formula is C33H43N7O. The van der Waals surface area contributed by atoms with Crippen LogP contribution < -0.4 is 16.2 Å². The predicted octanol–water partition coefficient (Wildman–Crippen LogP) is 4.85. The summed E-state index contributed by atoms with van der Waals surface area (Å²) in [6.45, 7) is 13.0. The van der Waals surface area contributed by atoms with Crippen LogP contribution in [0.2, 0.25) is 0 Å². The zero-order chi connectivity index (χ0) is 28.3. The lowest BCUT2D eigenvalue weighted by molar-refractivity contribution is -0.108. The zero-order valence-electron chi connectivity index (χ0n) is 24.8. The van der Waals surface area contributed by atoms with Crippen LogP contribution in [-0.4, -0.2) is 57.1 Å². The van der Waals surface area contributed by atoms with Crippen molar-refractivity contribution in [1.82, 2.24) is 24.8 Å². The van der Waals surface area contributed by atoms with Gasteiger partial charge in [0.2, 0.25) is 0 Å². The SMILES string of the molecule is C[C@@H]1C(N=C(Nc2ccc3c(=O)n4c(nc3c2)C(c2ccccn2)CCC4)N2CCN[C@@H](C)C2)C[C@@H]2C[C@H]1C2(C)C. The maximum absolute atomic E-state index is 13.6. The molecule has 5 aliphatic rings. The number of piperazine rings is 1. The molecule has 3 saturated carbocycles. The van der Waals surface area contributed by atoms with Gasteiger partial charge in [-0.15, -0.1) is 0 Å². The highest BCUT2D eigenvalue weighted by atomic mass is 16.1. The average Bonchev–Trinajstić information content (AvgIpc) is 2.97. The Kier molecular flexibility index (Phi) is 6.64. The van der Waals surface area contributed by atoms with Crippen molar-refractivity contribution in [3.8, 4) is 0 Å². The first-order chi connectivity index (χ1) is 19.8. The van der Waals surface area contributed by atoms with Crippen LogP contribution in [0.15, 0.2) is 52.4 Å². The summed E-state index contributed by atoms with van der Waals surface area (Å²) < 4.78 is 1.87. The summed E-state index contributed by atoms with van der Waals surface area (Å²) >= 11 is 0. The lowest BCUT2D eigenvalue weighted by atomic mass is 9.45. The molecule has 41 heavy (non-hydrogen) atoms. The van der Waals surface area contributed by atoms with Gasteiger partial charge in [-0.1, -0.05) is 26.8 Å². The van der Waals surface area contributed by atoms with Crippen LogP contribution in [0.25, 0.3) is 10.9 Å². The molecule has 4 fully saturated rings. The number of pyridine rings is 1. The van der Waals surface area contributed by atoms with E-state index < -0.39 is 0 Å². The quantitative estimate of drug-likeness (QED) is 0.356. The number of rotatable bonds is 3. The third-order valence-corrected chi connectivity index (χ3v) is 10.7. The molecule has 2 N–H and O–H groups in total. The number of nitrogens with one attached hydrogen (secondary N) is 2. The Balaban J connectivity index is 1.24. The average molecular weight is 554 g/mol. The molecule has 4 heterocycles. The molecule has 0 radical (unpaired) electrons. The number of fused-ring (bicyclic) bond motifs is 4. The van der Waals surface area contributed by atoms with E-state index in [0.717, 1.165) is 79.4 Å². The van der Waals surface area contributed by atoms with E-state index in [1.165, 1.54) is 6.42 Å². The highest BCUT2D eigenvalue weighted by Crippen LogP contribution is 2.61. The lowest BCUT2D eigenvalue weighted by Crippen LogP contribution is -2.57. The van der Waals surface area contributed by atoms with Crippen molar-refractivity contribution in [1.29, 1.82) is 0 Å². The number of anilines is 1. The molecule has 0 spiro atoms. The summed E-state index contributed by atoms with van der Waals surface area (Å²) in [6, 6.07) is 12.7. The van der Waals surface area contributed by atoms with Crippen LogP contribution in [0.4, 0.5) is 5.69 Å². The van der Waals surface area contributed by atoms with Gasteiger partial charge >= 0.3 is 0 Å². The van der Waals surface area contributed by atoms with Gasteiger partial charge in [-0.05, 0) is 86.1 Å². The normalized spacial score (nSPS) is 30.9. The van der Waals surface area contributed by atoms with E-state index in [1.807, 2.05) is 47.2 Å². The number of hydrogen-bond acceptors (Lipinski definition) is 5. The van der Waals surface area contributed by atoms with Crippen LogP contribution in [-0.2, 0) is 6.54 Å². The number of nitrogens with zero attached hydrogens (tertiary/aromatic N) is 5. The Labute approximate surface area is 242 Å². The summed E-state index contributed by atoms with van der Waals surface area (Å²) in [4.78, 5) is 31.2. The highest BCUT2D eigenvalue weighted by Gasteiger charge is 2.56. The zero-order valence-corrected chi connectivity index (χ0v) is 24.8. The van der Waals surface area contributed by atoms with E-state index in [-0.39, 0.29) is 11.5 Å². The molecule has 216 valence electrons. The van der Waals surface area contributed by atoms with E-state index in [4.69, 9.17) is 9.98 Å². The van der Waals surface area contributed by atoms with Gasteiger partial charge in [-0.3, -0.25) is 14.3 Å². The van der Waals surface area contributed by atoms with E-state index in [9.17, 15) is 4.79 Å². The molecule has 3 aromatic rings. The minimum atomic E-state index is 0.0293. The molecule has 1 saturated heterocycles. The summed E-state index contributed by atoms with van der Waals surface area (Å²) in [7, 11) is 0. The molecule has 8 rings (SSSR count). The molecule has 8 nitrogen and oxygen atoms in total. The third-order valence-electron chi connectivity index (χ3n) is 10.7. The lowest BCUT2D eigenvalue weighted by Gasteiger charge is -2.61. The number of aromatic nitrogens is 3. The van der Waals surface area contributed by atoms with Crippen molar-refractivity contribution in [3.05, 3.63) is 64.5 Å². The predicted molar refractivity (Wildman–Crippen MR) is 164 cm³/mol. The summed E-state index contributed by atoms with van der Waals surface area (Å²) in [6.07, 6.45) is 6.23. The van der Waals surface area contributed by atoms with Crippen LogP contribution in [0, 0.1) is 23.2 Å². The van der Waals surface area contributed by atoms with Gasteiger partial charge in [0.05, 0.1) is 28.6 Å². The van der Waals surface area contributed by atoms with E-state index in [0.29, 0.717) is 35.3 Å². The highest BCUT2D eigenvalue weighted by molar-refractivity contribution is 5.96. The second-order valence-corrected chi connectivity index (χ2v) is 13.5. The fourth-order valence-electron chi connectivity index (χ4n) is 8.14. The molecular weight excluding hydrogens is 510 g/mol. The fourth-order valence-corrected chi connectivity index (χ4v) is 8.14. The van der Waals surface area contributed by atoms with Gasteiger partial charge in [-0.25, -0.2) is 9.98 Å². The van der Waals surface area contributed by atoms with Crippen molar-refractivity contribution >= 4 is 22.5 Å². The van der Waals surface area contributed by atoms with Crippen LogP contribution in [0.3, 0.4) is 0 Å². The first-order valence-electron chi connectivity index (χ1n) is 15.6. The molecule has 3 aliphatic carbocycles. The van der Waals surface area contributed by atoms with Crippen molar-refractivity contribution in [2.24, 2.45) is 28.2 Å². The van der Waals surface area contributed by atoms with Crippen molar-refractivity contribution in [3.63, 3.8) is 0 Å². The first-order valence-corrected chi connectivity index (χ1v) is 15.6.